The molecule has 0 nitrogen and oxygen atoms in total. The molecule has 0 bridgehead atoms. The van der Waals surface area contributed by atoms with Crippen molar-refractivity contribution >= 4 is 15.1 Å². The Morgan fingerprint density at radius 1 is 1.09 bits per heavy atom. The molecule has 0 amide bonds. The van der Waals surface area contributed by atoms with E-state index in [-0.39, 0.29) is 51.4 Å². The molecule has 0 aromatic rings. The third-order valence-electron chi connectivity index (χ3n) is 0.814. The van der Waals surface area contributed by atoms with Crippen LogP contribution in [0, 0.1) is 0 Å². The molecule has 0 heterocycles. The molecule has 0 N–H and O–H groups in total. The molecule has 11 heavy (non-hydrogen) atoms. The van der Waals surface area contributed by atoms with Crippen LogP contribution < -0.4 is 51.4 Å². The Labute approximate surface area is 109 Å². The Kier molecular flexibility index (Phi) is 7.11. The van der Waals surface area contributed by atoms with Gasteiger partial charge in [0.05, 0.1) is 8.07 Å². The zero-order chi connectivity index (χ0) is 8.41. The van der Waals surface area contributed by atoms with E-state index >= 15 is 0 Å². The van der Waals surface area contributed by atoms with Gasteiger partial charge in [0.15, 0.2) is 0 Å². The molecule has 0 unspecified atom stereocenters. The second-order valence-electron chi connectivity index (χ2n) is 3.35. The largest absolute Gasteiger partial charge is 1.00 e. The minimum absolute atomic E-state index is 0. The van der Waals surface area contributed by atoms with Crippen molar-refractivity contribution in [3.8, 4) is 0 Å². The predicted molar refractivity (Wildman–Crippen MR) is 41.6 cm³/mol. The van der Waals surface area contributed by atoms with Crippen molar-refractivity contribution in [2.75, 3.05) is 0 Å². The van der Waals surface area contributed by atoms with E-state index in [4.69, 9.17) is 0 Å². The Morgan fingerprint density at radius 3 is 1.55 bits per heavy atom. The van der Waals surface area contributed by atoms with E-state index in [0.717, 1.165) is 0 Å². The zero-order valence-electron chi connectivity index (χ0n) is 7.37. The number of hydrogen-bond acceptors (Lipinski definition) is 0. The quantitative estimate of drug-likeness (QED) is 0.549. The Balaban J connectivity index is 0. The molecule has 0 fully saturated rings. The first kappa shape index (κ1) is 14.9. The first-order valence-electron chi connectivity index (χ1n) is 3.11. The van der Waals surface area contributed by atoms with E-state index in [1.54, 1.807) is 0 Å². The number of rotatable bonds is 2. The molecule has 0 aliphatic rings. The van der Waals surface area contributed by atoms with Crippen molar-refractivity contribution in [3.63, 3.8) is 0 Å². The van der Waals surface area contributed by atoms with Gasteiger partial charge in [-0.25, -0.2) is 0 Å². The van der Waals surface area contributed by atoms with Crippen LogP contribution in [0.15, 0.2) is 11.7 Å². The van der Waals surface area contributed by atoms with Crippen LogP contribution in [0.4, 0.5) is 12.9 Å². The first-order chi connectivity index (χ1) is 4.21. The summed E-state index contributed by atoms with van der Waals surface area (Å²) in [6.07, 6.45) is 0. The summed E-state index contributed by atoms with van der Waals surface area (Å²) in [5, 5.41) is 0. The summed E-state index contributed by atoms with van der Waals surface area (Å²) in [5.74, 6) is 0.395. The normalized spacial score (nSPS) is 13.3. The van der Waals surface area contributed by atoms with E-state index in [1.807, 2.05) is 19.6 Å². The molecule has 0 rings (SSSR count). The fraction of sp³-hybridized carbons (Fsp3) is 0.600. The molecule has 0 saturated carbocycles. The average molecular weight is 206 g/mol. The van der Waals surface area contributed by atoms with Crippen molar-refractivity contribution in [2.24, 2.45) is 0 Å². The molecule has 0 atom stereocenters. The average Bonchev–Trinajstić information content (AvgIpc) is 1.57. The molecule has 0 aliphatic carbocycles. The molecular formula is C5H11BF3KSi. The van der Waals surface area contributed by atoms with E-state index in [1.165, 1.54) is 5.70 Å². The van der Waals surface area contributed by atoms with Crippen molar-refractivity contribution in [1.29, 1.82) is 0 Å². The van der Waals surface area contributed by atoms with Gasteiger partial charge in [-0.05, 0) is 0 Å². The molecule has 60 valence electrons. The topological polar surface area (TPSA) is 0 Å². The zero-order valence-corrected chi connectivity index (χ0v) is 11.5. The summed E-state index contributed by atoms with van der Waals surface area (Å²) in [5.41, 5.74) is 1.31. The van der Waals surface area contributed by atoms with Gasteiger partial charge in [0, 0.05) is 0 Å². The van der Waals surface area contributed by atoms with Crippen molar-refractivity contribution in [2.45, 2.75) is 19.6 Å². The summed E-state index contributed by atoms with van der Waals surface area (Å²) in [7, 11) is -1.65. The Hall–Kier alpha value is 1.45. The molecule has 0 aromatic carbocycles. The van der Waals surface area contributed by atoms with E-state index in [2.05, 4.69) is 0 Å². The summed E-state index contributed by atoms with van der Waals surface area (Å²) in [6.45, 7) is 0.887. The standard InChI is InChI=1S/C5H11BF3Si.K/c1-10(2,3)5-4-6(7,8)9;/h4-5H,1-3H3;/q-1;+1/b5-4+;. The van der Waals surface area contributed by atoms with Crippen LogP contribution in [-0.4, -0.2) is 15.1 Å². The molecule has 0 radical (unpaired) electrons. The minimum Gasteiger partial charge on any atom is -0.445 e. The maximum absolute atomic E-state index is 11.6. The molecule has 0 spiro atoms. The minimum atomic E-state index is -4.71. The van der Waals surface area contributed by atoms with Crippen LogP contribution in [0.2, 0.25) is 19.6 Å². The van der Waals surface area contributed by atoms with Gasteiger partial charge >= 0.3 is 58.4 Å². The fourth-order valence-electron chi connectivity index (χ4n) is 0.398. The summed E-state index contributed by atoms with van der Waals surface area (Å²) >= 11 is 0. The predicted octanol–water partition coefficient (Wildman–Crippen LogP) is -0.189. The molecule has 6 heteroatoms. The van der Waals surface area contributed by atoms with Crippen LogP contribution >= 0.6 is 0 Å². The molecule has 0 aromatic heterocycles. The van der Waals surface area contributed by atoms with Crippen molar-refractivity contribution in [3.05, 3.63) is 11.7 Å². The number of halogens is 3. The van der Waals surface area contributed by atoms with Crippen molar-refractivity contribution < 1.29 is 64.3 Å². The van der Waals surface area contributed by atoms with Gasteiger partial charge in [0.1, 0.15) is 0 Å². The van der Waals surface area contributed by atoms with Gasteiger partial charge in [0.2, 0.25) is 0 Å². The second kappa shape index (κ2) is 5.24. The van der Waals surface area contributed by atoms with Crippen LogP contribution in [0.5, 0.6) is 0 Å². The fourth-order valence-corrected chi connectivity index (χ4v) is 1.19. The van der Waals surface area contributed by atoms with Gasteiger partial charge in [-0.3, -0.25) is 0 Å². The van der Waals surface area contributed by atoms with Crippen molar-refractivity contribution in [1.82, 2.24) is 0 Å². The maximum atomic E-state index is 11.6. The van der Waals surface area contributed by atoms with E-state index in [9.17, 15) is 12.9 Å². The smallest absolute Gasteiger partial charge is 0.445 e. The van der Waals surface area contributed by atoms with Crippen LogP contribution in [-0.2, 0) is 0 Å². The summed E-state index contributed by atoms with van der Waals surface area (Å²) in [4.78, 5) is 0. The van der Waals surface area contributed by atoms with Gasteiger partial charge in [-0.1, -0.05) is 19.6 Å². The van der Waals surface area contributed by atoms with E-state index < -0.39 is 15.1 Å². The SMILES string of the molecule is C[Si](C)(C)/C=C/[B-](F)(F)F.[K+]. The Bertz CT molecular complexity index is 122. The van der Waals surface area contributed by atoms with Gasteiger partial charge < -0.3 is 12.9 Å². The monoisotopic (exact) mass is 206 g/mol. The second-order valence-corrected chi connectivity index (χ2v) is 8.42. The molecule has 0 aliphatic heterocycles. The van der Waals surface area contributed by atoms with Gasteiger partial charge in [-0.2, -0.15) is 5.98 Å². The van der Waals surface area contributed by atoms with E-state index in [0.29, 0.717) is 5.98 Å². The first-order valence-corrected chi connectivity index (χ1v) is 6.69. The van der Waals surface area contributed by atoms with Gasteiger partial charge in [0.25, 0.3) is 0 Å². The third-order valence-corrected chi connectivity index (χ3v) is 2.01. The van der Waals surface area contributed by atoms with Gasteiger partial charge in [-0.15, -0.1) is 5.70 Å². The molecular weight excluding hydrogens is 195 g/mol. The number of hydrogen-bond donors (Lipinski definition) is 0. The summed E-state index contributed by atoms with van der Waals surface area (Å²) in [6, 6.07) is 0. The van der Waals surface area contributed by atoms with Crippen LogP contribution in [0.3, 0.4) is 0 Å². The Morgan fingerprint density at radius 2 is 1.45 bits per heavy atom. The van der Waals surface area contributed by atoms with Crippen LogP contribution in [0.1, 0.15) is 0 Å². The molecule has 0 saturated heterocycles. The third kappa shape index (κ3) is 14.3. The summed E-state index contributed by atoms with van der Waals surface area (Å²) < 4.78 is 34.8. The van der Waals surface area contributed by atoms with Crippen LogP contribution in [0.25, 0.3) is 0 Å². The maximum Gasteiger partial charge on any atom is 1.00 e.